The lowest BCUT2D eigenvalue weighted by atomic mass is 9.95. The molecule has 134 valence electrons. The van der Waals surface area contributed by atoms with Crippen molar-refractivity contribution in [2.24, 2.45) is 0 Å². The number of aromatic nitrogens is 1. The second kappa shape index (κ2) is 6.88. The fourth-order valence-electron chi connectivity index (χ4n) is 3.76. The highest BCUT2D eigenvalue weighted by atomic mass is 79.9. The number of fused-ring (bicyclic) bond motifs is 3. The van der Waals surface area contributed by atoms with Crippen molar-refractivity contribution in [3.05, 3.63) is 101 Å². The quantitative estimate of drug-likeness (QED) is 0.264. The van der Waals surface area contributed by atoms with Gasteiger partial charge in [-0.15, -0.1) is 0 Å². The molecular formula is C26H18BrN. The maximum atomic E-state index is 5.13. The normalized spacial score (nSPS) is 11.2. The van der Waals surface area contributed by atoms with Crippen LogP contribution in [0.4, 0.5) is 0 Å². The van der Waals surface area contributed by atoms with Gasteiger partial charge in [0.25, 0.3) is 0 Å². The fraction of sp³-hybridized carbons (Fsp3) is 0.0385. The smallest absolute Gasteiger partial charge is 0.0858 e. The Balaban J connectivity index is 1.95. The van der Waals surface area contributed by atoms with Gasteiger partial charge in [0.2, 0.25) is 0 Å². The Morgan fingerprint density at radius 2 is 1.36 bits per heavy atom. The molecule has 0 aliphatic carbocycles. The zero-order valence-electron chi connectivity index (χ0n) is 15.5. The number of aryl methyl sites for hydroxylation is 1. The Labute approximate surface area is 172 Å². The van der Waals surface area contributed by atoms with Crippen molar-refractivity contribution in [3.63, 3.8) is 0 Å². The van der Waals surface area contributed by atoms with Crippen LogP contribution in [-0.2, 0) is 0 Å². The molecule has 1 aromatic heterocycles. The third kappa shape index (κ3) is 2.81. The molecule has 2 heteroatoms. The molecule has 0 N–H and O–H groups in total. The van der Waals surface area contributed by atoms with E-state index in [0.29, 0.717) is 0 Å². The standard InChI is InChI=1S/C26H18BrN/c1-17-11-13-19(14-12-17)23-22-16-15-18-7-5-6-10-21(18)26(22)28-25(24(23)27)20-8-3-2-4-9-20/h2-16H,1H3. The van der Waals surface area contributed by atoms with E-state index in [2.05, 4.69) is 108 Å². The zero-order valence-corrected chi connectivity index (χ0v) is 17.1. The van der Waals surface area contributed by atoms with Crippen LogP contribution in [0.1, 0.15) is 5.56 Å². The molecule has 0 aliphatic rings. The lowest BCUT2D eigenvalue weighted by Gasteiger charge is -2.15. The molecule has 5 rings (SSSR count). The monoisotopic (exact) mass is 423 g/mol. The Morgan fingerprint density at radius 1 is 0.643 bits per heavy atom. The first-order valence-corrected chi connectivity index (χ1v) is 10.1. The van der Waals surface area contributed by atoms with Crippen molar-refractivity contribution in [2.45, 2.75) is 6.92 Å². The van der Waals surface area contributed by atoms with Crippen LogP contribution in [0.5, 0.6) is 0 Å². The van der Waals surface area contributed by atoms with Gasteiger partial charge in [0, 0.05) is 21.9 Å². The van der Waals surface area contributed by atoms with E-state index in [-0.39, 0.29) is 0 Å². The van der Waals surface area contributed by atoms with E-state index >= 15 is 0 Å². The highest BCUT2D eigenvalue weighted by Gasteiger charge is 2.17. The Kier molecular flexibility index (Phi) is 4.22. The van der Waals surface area contributed by atoms with Crippen molar-refractivity contribution >= 4 is 37.6 Å². The molecule has 5 aromatic rings. The summed E-state index contributed by atoms with van der Waals surface area (Å²) in [4.78, 5) is 5.13. The molecule has 0 spiro atoms. The van der Waals surface area contributed by atoms with Crippen molar-refractivity contribution in [1.29, 1.82) is 0 Å². The first-order valence-electron chi connectivity index (χ1n) is 9.36. The van der Waals surface area contributed by atoms with Crippen LogP contribution >= 0.6 is 15.9 Å². The molecule has 0 amide bonds. The summed E-state index contributed by atoms with van der Waals surface area (Å²) in [6.45, 7) is 2.12. The molecular weight excluding hydrogens is 406 g/mol. The molecule has 0 fully saturated rings. The summed E-state index contributed by atoms with van der Waals surface area (Å²) in [5.74, 6) is 0. The van der Waals surface area contributed by atoms with Crippen LogP contribution in [-0.4, -0.2) is 4.98 Å². The second-order valence-corrected chi connectivity index (χ2v) is 7.86. The number of nitrogens with zero attached hydrogens (tertiary/aromatic N) is 1. The maximum Gasteiger partial charge on any atom is 0.0858 e. The predicted molar refractivity (Wildman–Crippen MR) is 123 cm³/mol. The lowest BCUT2D eigenvalue weighted by Crippen LogP contribution is -1.94. The molecule has 0 aliphatic heterocycles. The highest BCUT2D eigenvalue weighted by Crippen LogP contribution is 2.42. The van der Waals surface area contributed by atoms with E-state index in [1.54, 1.807) is 0 Å². The Morgan fingerprint density at radius 3 is 2.14 bits per heavy atom. The molecule has 28 heavy (non-hydrogen) atoms. The number of halogens is 1. The minimum atomic E-state index is 0.972. The van der Waals surface area contributed by atoms with Gasteiger partial charge in [-0.05, 0) is 33.8 Å². The predicted octanol–water partition coefficient (Wildman–Crippen LogP) is 7.79. The summed E-state index contributed by atoms with van der Waals surface area (Å²) in [5, 5.41) is 3.55. The van der Waals surface area contributed by atoms with Gasteiger partial charge in [0.15, 0.2) is 0 Å². The van der Waals surface area contributed by atoms with Gasteiger partial charge in [0.05, 0.1) is 15.7 Å². The second-order valence-electron chi connectivity index (χ2n) is 7.06. The maximum absolute atomic E-state index is 5.13. The van der Waals surface area contributed by atoms with Crippen LogP contribution in [0.3, 0.4) is 0 Å². The fourth-order valence-corrected chi connectivity index (χ4v) is 4.52. The first kappa shape index (κ1) is 17.2. The molecule has 4 aromatic carbocycles. The van der Waals surface area contributed by atoms with Crippen molar-refractivity contribution in [1.82, 2.24) is 4.98 Å². The van der Waals surface area contributed by atoms with E-state index in [1.165, 1.54) is 27.5 Å². The molecule has 0 atom stereocenters. The van der Waals surface area contributed by atoms with E-state index in [9.17, 15) is 0 Å². The van der Waals surface area contributed by atoms with E-state index in [4.69, 9.17) is 4.98 Å². The number of hydrogen-bond acceptors (Lipinski definition) is 1. The molecule has 0 bridgehead atoms. The van der Waals surface area contributed by atoms with E-state index < -0.39 is 0 Å². The van der Waals surface area contributed by atoms with Crippen LogP contribution in [0.25, 0.3) is 44.1 Å². The summed E-state index contributed by atoms with van der Waals surface area (Å²) >= 11 is 3.90. The first-order chi connectivity index (χ1) is 13.7. The SMILES string of the molecule is Cc1ccc(-c2c(Br)c(-c3ccccc3)nc3c2ccc2ccccc23)cc1. The van der Waals surface area contributed by atoms with Gasteiger partial charge < -0.3 is 0 Å². The van der Waals surface area contributed by atoms with Gasteiger partial charge in [-0.3, -0.25) is 0 Å². The molecule has 0 saturated carbocycles. The highest BCUT2D eigenvalue weighted by molar-refractivity contribution is 9.10. The number of benzene rings is 4. The third-order valence-electron chi connectivity index (χ3n) is 5.21. The van der Waals surface area contributed by atoms with Gasteiger partial charge >= 0.3 is 0 Å². The van der Waals surface area contributed by atoms with Crippen LogP contribution in [0.15, 0.2) is 95.5 Å². The summed E-state index contributed by atoms with van der Waals surface area (Å²) in [6.07, 6.45) is 0. The van der Waals surface area contributed by atoms with Crippen molar-refractivity contribution in [2.75, 3.05) is 0 Å². The van der Waals surface area contributed by atoms with Gasteiger partial charge in [-0.2, -0.15) is 0 Å². The van der Waals surface area contributed by atoms with E-state index in [1.807, 2.05) is 6.07 Å². The average molecular weight is 424 g/mol. The van der Waals surface area contributed by atoms with Crippen molar-refractivity contribution < 1.29 is 0 Å². The summed E-state index contributed by atoms with van der Waals surface area (Å²) in [6, 6.07) is 31.9. The largest absolute Gasteiger partial charge is 0.246 e. The molecule has 0 unspecified atom stereocenters. The van der Waals surface area contributed by atoms with E-state index in [0.717, 1.165) is 26.6 Å². The minimum absolute atomic E-state index is 0.972. The molecule has 0 saturated heterocycles. The molecule has 1 heterocycles. The minimum Gasteiger partial charge on any atom is -0.246 e. The zero-order chi connectivity index (χ0) is 19.1. The van der Waals surface area contributed by atoms with Gasteiger partial charge in [-0.1, -0.05) is 96.6 Å². The number of hydrogen-bond donors (Lipinski definition) is 0. The number of pyridine rings is 1. The van der Waals surface area contributed by atoms with Gasteiger partial charge in [0.1, 0.15) is 0 Å². The number of rotatable bonds is 2. The average Bonchev–Trinajstić information content (AvgIpc) is 2.74. The van der Waals surface area contributed by atoms with Crippen molar-refractivity contribution in [3.8, 4) is 22.4 Å². The lowest BCUT2D eigenvalue weighted by molar-refractivity contribution is 1.38. The third-order valence-corrected chi connectivity index (χ3v) is 5.98. The van der Waals surface area contributed by atoms with Crippen LogP contribution in [0, 0.1) is 6.92 Å². The summed E-state index contributed by atoms with van der Waals surface area (Å²) < 4.78 is 1.03. The summed E-state index contributed by atoms with van der Waals surface area (Å²) in [7, 11) is 0. The Bertz CT molecular complexity index is 1310. The van der Waals surface area contributed by atoms with Gasteiger partial charge in [-0.25, -0.2) is 4.98 Å². The van der Waals surface area contributed by atoms with Crippen LogP contribution < -0.4 is 0 Å². The topological polar surface area (TPSA) is 12.9 Å². The summed E-state index contributed by atoms with van der Waals surface area (Å²) in [5.41, 5.74) is 6.76. The van der Waals surface area contributed by atoms with Crippen LogP contribution in [0.2, 0.25) is 0 Å². The Hall–Kier alpha value is -2.97. The molecule has 1 nitrogen and oxygen atoms in total. The molecule has 0 radical (unpaired) electrons.